The number of ether oxygens (including phenoxy) is 3. The Labute approximate surface area is 92.7 Å². The molecule has 0 aliphatic rings. The number of carbonyl (C=O) groups excluding carboxylic acids is 1. The van der Waals surface area contributed by atoms with Crippen LogP contribution in [-0.4, -0.2) is 27.3 Å². The van der Waals surface area contributed by atoms with E-state index in [2.05, 4.69) is 0 Å². The Morgan fingerprint density at radius 2 is 2.07 bits per heavy atom. The Balaban J connectivity index is 3.02. The molecule has 0 unspecified atom stereocenters. The van der Waals surface area contributed by atoms with Crippen LogP contribution < -0.4 is 9.47 Å². The van der Waals surface area contributed by atoms with Crippen LogP contribution in [0.1, 0.15) is 10.4 Å². The molecule has 15 heavy (non-hydrogen) atoms. The van der Waals surface area contributed by atoms with Crippen molar-refractivity contribution in [3.8, 4) is 11.5 Å². The Hall–Kier alpha value is -1.26. The molecule has 1 rings (SSSR count). The minimum Gasteiger partial charge on any atom is -0.496 e. The van der Waals surface area contributed by atoms with Gasteiger partial charge >= 0.3 is 0 Å². The first-order valence-corrected chi connectivity index (χ1v) is 4.55. The van der Waals surface area contributed by atoms with Crippen LogP contribution in [0.15, 0.2) is 12.1 Å². The molecule has 0 aromatic heterocycles. The Morgan fingerprint density at radius 1 is 1.33 bits per heavy atom. The van der Waals surface area contributed by atoms with Crippen molar-refractivity contribution in [2.45, 2.75) is 0 Å². The van der Waals surface area contributed by atoms with Gasteiger partial charge in [-0.3, -0.25) is 4.79 Å². The highest BCUT2D eigenvalue weighted by atomic mass is 35.5. The van der Waals surface area contributed by atoms with Gasteiger partial charge in [-0.15, -0.1) is 0 Å². The van der Waals surface area contributed by atoms with Gasteiger partial charge in [-0.25, -0.2) is 0 Å². The molecule has 0 saturated carbocycles. The molecule has 0 saturated heterocycles. The van der Waals surface area contributed by atoms with Crippen molar-refractivity contribution in [2.75, 3.05) is 21.0 Å². The molecule has 0 bridgehead atoms. The molecule has 0 radical (unpaired) electrons. The van der Waals surface area contributed by atoms with Crippen LogP contribution >= 0.6 is 11.6 Å². The highest BCUT2D eigenvalue weighted by molar-refractivity contribution is 6.32. The van der Waals surface area contributed by atoms with E-state index in [4.69, 9.17) is 25.8 Å². The molecule has 0 amide bonds. The van der Waals surface area contributed by atoms with Crippen LogP contribution in [0.2, 0.25) is 5.02 Å². The van der Waals surface area contributed by atoms with E-state index in [0.29, 0.717) is 28.4 Å². The summed E-state index contributed by atoms with van der Waals surface area (Å²) in [5.41, 5.74) is 0.382. The third-order valence-corrected chi connectivity index (χ3v) is 2.04. The van der Waals surface area contributed by atoms with Crippen LogP contribution in [0.4, 0.5) is 0 Å². The number of hydrogen-bond donors (Lipinski definition) is 0. The quantitative estimate of drug-likeness (QED) is 0.574. The summed E-state index contributed by atoms with van der Waals surface area (Å²) in [7, 11) is 2.96. The topological polar surface area (TPSA) is 44.8 Å². The van der Waals surface area contributed by atoms with E-state index >= 15 is 0 Å². The van der Waals surface area contributed by atoms with Gasteiger partial charge in [-0.2, -0.15) is 0 Å². The highest BCUT2D eigenvalue weighted by Gasteiger charge is 2.09. The van der Waals surface area contributed by atoms with Crippen molar-refractivity contribution in [3.63, 3.8) is 0 Å². The smallest absolute Gasteiger partial charge is 0.188 e. The van der Waals surface area contributed by atoms with Gasteiger partial charge in [0.05, 0.1) is 17.7 Å². The van der Waals surface area contributed by atoms with Crippen LogP contribution in [0, 0.1) is 0 Å². The number of halogens is 1. The van der Waals surface area contributed by atoms with Gasteiger partial charge < -0.3 is 14.2 Å². The van der Waals surface area contributed by atoms with Crippen molar-refractivity contribution in [2.24, 2.45) is 0 Å². The van der Waals surface area contributed by atoms with Gasteiger partial charge in [-0.05, 0) is 6.07 Å². The molecule has 0 aliphatic heterocycles. The Bertz CT molecular complexity index is 352. The third kappa shape index (κ3) is 2.84. The van der Waals surface area contributed by atoms with E-state index in [-0.39, 0.29) is 6.79 Å². The predicted octanol–water partition coefficient (Wildman–Crippen LogP) is 2.14. The summed E-state index contributed by atoms with van der Waals surface area (Å²) in [6.07, 6.45) is 0.675. The van der Waals surface area contributed by atoms with Gasteiger partial charge in [0.1, 0.15) is 11.5 Å². The van der Waals surface area contributed by atoms with Crippen LogP contribution in [-0.2, 0) is 4.74 Å². The van der Waals surface area contributed by atoms with E-state index in [9.17, 15) is 4.79 Å². The fraction of sp³-hybridized carbons (Fsp3) is 0.300. The molecule has 0 spiro atoms. The van der Waals surface area contributed by atoms with E-state index in [0.717, 1.165) is 0 Å². The lowest BCUT2D eigenvalue weighted by atomic mass is 10.2. The zero-order valence-electron chi connectivity index (χ0n) is 8.45. The summed E-state index contributed by atoms with van der Waals surface area (Å²) in [5, 5.41) is 0.370. The lowest BCUT2D eigenvalue weighted by Gasteiger charge is -2.10. The lowest BCUT2D eigenvalue weighted by Crippen LogP contribution is -2.01. The molecule has 0 aliphatic carbocycles. The molecule has 4 nitrogen and oxygen atoms in total. The molecule has 1 aromatic carbocycles. The number of benzene rings is 1. The SMILES string of the molecule is COCOc1cc(C=O)c(OC)cc1Cl. The summed E-state index contributed by atoms with van der Waals surface area (Å²) in [4.78, 5) is 10.7. The average Bonchev–Trinajstić information content (AvgIpc) is 2.27. The predicted molar refractivity (Wildman–Crippen MR) is 55.9 cm³/mol. The number of methoxy groups -OCH3 is 2. The Morgan fingerprint density at radius 3 is 2.60 bits per heavy atom. The summed E-state index contributed by atoms with van der Waals surface area (Å²) in [5.74, 6) is 0.807. The van der Waals surface area contributed by atoms with Gasteiger partial charge in [0, 0.05) is 13.2 Å². The summed E-state index contributed by atoms with van der Waals surface area (Å²) >= 11 is 5.90. The average molecular weight is 231 g/mol. The number of aldehydes is 1. The molecule has 0 heterocycles. The minimum absolute atomic E-state index is 0.0738. The summed E-state index contributed by atoms with van der Waals surface area (Å²) in [6.45, 7) is 0.0738. The van der Waals surface area contributed by atoms with Crippen molar-refractivity contribution in [1.82, 2.24) is 0 Å². The normalized spacial score (nSPS) is 9.80. The number of hydrogen-bond acceptors (Lipinski definition) is 4. The van der Waals surface area contributed by atoms with Gasteiger partial charge in [0.25, 0.3) is 0 Å². The van der Waals surface area contributed by atoms with E-state index in [1.807, 2.05) is 0 Å². The monoisotopic (exact) mass is 230 g/mol. The van der Waals surface area contributed by atoms with E-state index in [1.54, 1.807) is 0 Å². The van der Waals surface area contributed by atoms with Crippen molar-refractivity contribution >= 4 is 17.9 Å². The van der Waals surface area contributed by atoms with Gasteiger partial charge in [-0.1, -0.05) is 11.6 Å². The lowest BCUT2D eigenvalue weighted by molar-refractivity contribution is 0.0511. The molecule has 0 fully saturated rings. The molecule has 0 atom stereocenters. The first kappa shape index (κ1) is 11.8. The first-order chi connectivity index (χ1) is 7.22. The second-order valence-corrected chi connectivity index (χ2v) is 3.10. The second kappa shape index (κ2) is 5.58. The maximum Gasteiger partial charge on any atom is 0.188 e. The fourth-order valence-electron chi connectivity index (χ4n) is 1.05. The van der Waals surface area contributed by atoms with Crippen molar-refractivity contribution < 1.29 is 19.0 Å². The van der Waals surface area contributed by atoms with Gasteiger partial charge in [0.15, 0.2) is 13.1 Å². The fourth-order valence-corrected chi connectivity index (χ4v) is 1.26. The van der Waals surface area contributed by atoms with Gasteiger partial charge in [0.2, 0.25) is 0 Å². The molecular weight excluding hydrogens is 220 g/mol. The summed E-state index contributed by atoms with van der Waals surface area (Å²) in [6, 6.07) is 3.03. The zero-order chi connectivity index (χ0) is 11.3. The molecule has 0 N–H and O–H groups in total. The van der Waals surface area contributed by atoms with E-state index in [1.165, 1.54) is 26.4 Å². The largest absolute Gasteiger partial charge is 0.496 e. The number of rotatable bonds is 5. The standard InChI is InChI=1S/C10H11ClO4/c1-13-6-15-10-3-7(5-12)9(14-2)4-8(10)11/h3-5H,6H2,1-2H3. The van der Waals surface area contributed by atoms with Crippen LogP contribution in [0.5, 0.6) is 11.5 Å². The van der Waals surface area contributed by atoms with Crippen LogP contribution in [0.3, 0.4) is 0 Å². The van der Waals surface area contributed by atoms with E-state index < -0.39 is 0 Å². The first-order valence-electron chi connectivity index (χ1n) is 4.17. The highest BCUT2D eigenvalue weighted by Crippen LogP contribution is 2.31. The molecule has 82 valence electrons. The number of carbonyl (C=O) groups is 1. The minimum atomic E-state index is 0.0738. The Kier molecular flexibility index (Phi) is 4.39. The van der Waals surface area contributed by atoms with Crippen LogP contribution in [0.25, 0.3) is 0 Å². The van der Waals surface area contributed by atoms with Crippen molar-refractivity contribution in [3.05, 3.63) is 22.7 Å². The second-order valence-electron chi connectivity index (χ2n) is 2.69. The van der Waals surface area contributed by atoms with Crippen molar-refractivity contribution in [1.29, 1.82) is 0 Å². The third-order valence-electron chi connectivity index (χ3n) is 1.74. The molecule has 1 aromatic rings. The molecule has 5 heteroatoms. The maximum atomic E-state index is 10.7. The zero-order valence-corrected chi connectivity index (χ0v) is 9.21. The molecular formula is C10H11ClO4. The maximum absolute atomic E-state index is 10.7. The summed E-state index contributed by atoms with van der Waals surface area (Å²) < 4.78 is 14.9.